The van der Waals surface area contributed by atoms with Gasteiger partial charge in [-0.3, -0.25) is 9.69 Å². The third kappa shape index (κ3) is 4.35. The second-order valence-corrected chi connectivity index (χ2v) is 10.3. The second kappa shape index (κ2) is 9.13. The van der Waals surface area contributed by atoms with Crippen molar-refractivity contribution in [1.29, 1.82) is 0 Å². The molecule has 0 aliphatic carbocycles. The van der Waals surface area contributed by atoms with Gasteiger partial charge in [-0.05, 0) is 44.2 Å². The van der Waals surface area contributed by atoms with Crippen LogP contribution in [0.2, 0.25) is 0 Å². The minimum Gasteiger partial charge on any atom is -0.304 e. The molecule has 9 nitrogen and oxygen atoms in total. The lowest BCUT2D eigenvalue weighted by molar-refractivity contribution is -0.365. The van der Waals surface area contributed by atoms with Gasteiger partial charge < -0.3 is 4.90 Å². The quantitative estimate of drug-likeness (QED) is 0.676. The Bertz CT molecular complexity index is 1080. The van der Waals surface area contributed by atoms with Crippen molar-refractivity contribution in [1.82, 2.24) is 14.2 Å². The Labute approximate surface area is 189 Å². The Morgan fingerprint density at radius 3 is 2.38 bits per heavy atom. The second-order valence-electron chi connectivity index (χ2n) is 8.37. The number of piperazine rings is 1. The van der Waals surface area contributed by atoms with E-state index in [0.717, 1.165) is 31.5 Å². The van der Waals surface area contributed by atoms with Crippen molar-refractivity contribution in [3.8, 4) is 0 Å². The van der Waals surface area contributed by atoms with Crippen LogP contribution in [0.3, 0.4) is 0 Å². The van der Waals surface area contributed by atoms with Crippen LogP contribution in [0, 0.1) is 0 Å². The number of fused-ring (bicyclic) bond motifs is 1. The zero-order chi connectivity index (χ0) is 22.9. The largest absolute Gasteiger partial charge is 0.396 e. The number of sulfonamides is 1. The molecule has 0 unspecified atom stereocenters. The number of carbonyl (C=O) groups excluding carboxylic acids is 1. The number of hydrogen-bond donors (Lipinski definition) is 1. The third-order valence-corrected chi connectivity index (χ3v) is 8.16. The molecule has 0 atom stereocenters. The Morgan fingerprint density at radius 2 is 1.75 bits per heavy atom. The molecule has 2 N–H and O–H groups in total. The molecule has 0 radical (unpaired) electrons. The summed E-state index contributed by atoms with van der Waals surface area (Å²) < 4.78 is 27.4. The van der Waals surface area contributed by atoms with Crippen molar-refractivity contribution < 1.29 is 18.2 Å². The summed E-state index contributed by atoms with van der Waals surface area (Å²) in [7, 11) is -1.51. The number of carbonyl (C=O) groups is 1. The molecule has 2 aliphatic heterocycles. The zero-order valence-corrected chi connectivity index (χ0v) is 19.7. The van der Waals surface area contributed by atoms with E-state index in [-0.39, 0.29) is 16.8 Å². The van der Waals surface area contributed by atoms with Crippen LogP contribution in [0.1, 0.15) is 32.3 Å². The van der Waals surface area contributed by atoms with Crippen LogP contribution in [-0.2, 0) is 21.2 Å². The predicted octanol–water partition coefficient (Wildman–Crippen LogP) is 1.65. The highest BCUT2D eigenvalue weighted by atomic mass is 32.2. The Balaban J connectivity index is 1.51. The summed E-state index contributed by atoms with van der Waals surface area (Å²) in [5.41, 5.74) is 1.60. The highest BCUT2D eigenvalue weighted by Crippen LogP contribution is 2.30. The van der Waals surface area contributed by atoms with Gasteiger partial charge in [0.05, 0.1) is 28.8 Å². The number of benzene rings is 1. The SMILES string of the molecule is CCC(CC)N1C(=O)Cc2c[nH+]c(Nc3ccc(S(=O)(=O)N4CCN(C)CC4)cc3)nc21. The fourth-order valence-corrected chi connectivity index (χ4v) is 5.68. The van der Waals surface area contributed by atoms with Gasteiger partial charge in [0, 0.05) is 32.2 Å². The number of hydrogen-bond acceptors (Lipinski definition) is 6. The first-order valence-corrected chi connectivity index (χ1v) is 12.6. The van der Waals surface area contributed by atoms with E-state index in [9.17, 15) is 13.2 Å². The molecule has 4 rings (SSSR count). The number of nitrogens with zero attached hydrogens (tertiary/aromatic N) is 4. The monoisotopic (exact) mass is 459 g/mol. The summed E-state index contributed by atoms with van der Waals surface area (Å²) in [6.45, 7) is 6.61. The molecular weight excluding hydrogens is 428 g/mol. The maximum absolute atomic E-state index is 12.9. The smallest absolute Gasteiger partial charge is 0.304 e. The lowest BCUT2D eigenvalue weighted by Gasteiger charge is -2.31. The molecule has 0 spiro atoms. The first kappa shape index (κ1) is 22.6. The highest BCUT2D eigenvalue weighted by molar-refractivity contribution is 7.89. The van der Waals surface area contributed by atoms with E-state index in [0.29, 0.717) is 37.0 Å². The molecule has 1 saturated heterocycles. The molecule has 2 aromatic rings. The Hall–Kier alpha value is -2.56. The van der Waals surface area contributed by atoms with Gasteiger partial charge in [0.15, 0.2) is 0 Å². The first-order valence-electron chi connectivity index (χ1n) is 11.1. The van der Waals surface area contributed by atoms with Crippen molar-refractivity contribution in [2.45, 2.75) is 44.0 Å². The maximum Gasteiger partial charge on any atom is 0.396 e. The van der Waals surface area contributed by atoms with Crippen molar-refractivity contribution in [2.24, 2.45) is 0 Å². The predicted molar refractivity (Wildman–Crippen MR) is 122 cm³/mol. The average Bonchev–Trinajstić information content (AvgIpc) is 3.11. The number of amides is 1. The summed E-state index contributed by atoms with van der Waals surface area (Å²) in [6.07, 6.45) is 3.91. The molecule has 0 saturated carbocycles. The van der Waals surface area contributed by atoms with Gasteiger partial charge >= 0.3 is 5.95 Å². The van der Waals surface area contributed by atoms with E-state index in [1.807, 2.05) is 13.2 Å². The van der Waals surface area contributed by atoms with Gasteiger partial charge in [0.2, 0.25) is 21.7 Å². The molecular formula is C22H31N6O3S+. The first-order chi connectivity index (χ1) is 15.3. The average molecular weight is 460 g/mol. The van der Waals surface area contributed by atoms with Crippen LogP contribution in [0.5, 0.6) is 0 Å². The molecule has 172 valence electrons. The molecule has 2 aliphatic rings. The fourth-order valence-electron chi connectivity index (χ4n) is 4.25. The van der Waals surface area contributed by atoms with Gasteiger partial charge in [-0.1, -0.05) is 18.8 Å². The molecule has 1 aromatic heterocycles. The van der Waals surface area contributed by atoms with E-state index in [2.05, 4.69) is 34.0 Å². The lowest BCUT2D eigenvalue weighted by Crippen LogP contribution is -2.46. The van der Waals surface area contributed by atoms with Crippen molar-refractivity contribution in [2.75, 3.05) is 43.4 Å². The van der Waals surface area contributed by atoms with Gasteiger partial charge in [0.1, 0.15) is 0 Å². The van der Waals surface area contributed by atoms with Crippen LogP contribution < -0.4 is 15.2 Å². The number of nitrogens with one attached hydrogen (secondary N) is 2. The molecule has 32 heavy (non-hydrogen) atoms. The number of aromatic amines is 1. The Morgan fingerprint density at radius 1 is 1.09 bits per heavy atom. The molecule has 3 heterocycles. The topological polar surface area (TPSA) is 100.0 Å². The fraction of sp³-hybridized carbons (Fsp3) is 0.500. The van der Waals surface area contributed by atoms with Crippen LogP contribution in [0.25, 0.3) is 0 Å². The van der Waals surface area contributed by atoms with Crippen molar-refractivity contribution in [3.63, 3.8) is 0 Å². The minimum absolute atomic E-state index is 0.0743. The summed E-state index contributed by atoms with van der Waals surface area (Å²) in [4.78, 5) is 24.5. The van der Waals surface area contributed by atoms with E-state index in [1.165, 1.54) is 4.31 Å². The summed E-state index contributed by atoms with van der Waals surface area (Å²) >= 11 is 0. The highest BCUT2D eigenvalue weighted by Gasteiger charge is 2.36. The van der Waals surface area contributed by atoms with Crippen LogP contribution in [0.4, 0.5) is 17.5 Å². The summed E-state index contributed by atoms with van der Waals surface area (Å²) in [5.74, 6) is 1.27. The standard InChI is InChI=1S/C22H30N6O3S/c1-4-18(5-2)28-20(29)14-16-15-23-22(25-21(16)28)24-17-6-8-19(9-7-17)32(30,31)27-12-10-26(3)11-13-27/h6-9,15,18H,4-5,10-14H2,1-3H3,(H,23,24,25)/p+1. The van der Waals surface area contributed by atoms with E-state index >= 15 is 0 Å². The Kier molecular flexibility index (Phi) is 6.45. The maximum atomic E-state index is 12.9. The van der Waals surface area contributed by atoms with Gasteiger partial charge in [-0.2, -0.15) is 4.31 Å². The minimum atomic E-state index is -3.50. The van der Waals surface area contributed by atoms with Crippen LogP contribution in [0.15, 0.2) is 35.4 Å². The molecule has 1 aromatic carbocycles. The molecule has 1 amide bonds. The molecule has 0 bridgehead atoms. The van der Waals surface area contributed by atoms with Crippen molar-refractivity contribution in [3.05, 3.63) is 36.0 Å². The number of rotatable bonds is 7. The number of aromatic nitrogens is 2. The van der Waals surface area contributed by atoms with Gasteiger partial charge in [-0.15, -0.1) is 0 Å². The molecule has 10 heteroatoms. The number of H-pyrrole nitrogens is 1. The van der Waals surface area contributed by atoms with Crippen molar-refractivity contribution >= 4 is 33.4 Å². The third-order valence-electron chi connectivity index (χ3n) is 6.25. The van der Waals surface area contributed by atoms with Crippen LogP contribution >= 0.6 is 0 Å². The normalized spacial score (nSPS) is 17.8. The number of anilines is 3. The van der Waals surface area contributed by atoms with Gasteiger partial charge in [0.25, 0.3) is 0 Å². The van der Waals surface area contributed by atoms with Crippen LogP contribution in [-0.4, -0.2) is 67.8 Å². The van der Waals surface area contributed by atoms with E-state index in [4.69, 9.17) is 0 Å². The number of likely N-dealkylation sites (N-methyl/N-ethyl adjacent to an activating group) is 1. The summed E-state index contributed by atoms with van der Waals surface area (Å²) in [5, 5.41) is 3.19. The van der Waals surface area contributed by atoms with E-state index < -0.39 is 10.0 Å². The van der Waals surface area contributed by atoms with Gasteiger partial charge in [-0.25, -0.2) is 18.7 Å². The zero-order valence-electron chi connectivity index (χ0n) is 18.8. The summed E-state index contributed by atoms with van der Waals surface area (Å²) in [6, 6.07) is 6.82. The van der Waals surface area contributed by atoms with E-state index in [1.54, 1.807) is 29.2 Å². The molecule has 1 fully saturated rings. The lowest BCUT2D eigenvalue weighted by atomic mass is 10.1.